The van der Waals surface area contributed by atoms with Crippen LogP contribution in [0.4, 0.5) is 0 Å². The largest absolute Gasteiger partial charge is 0.345 e. The van der Waals surface area contributed by atoms with Gasteiger partial charge in [0.2, 0.25) is 0 Å². The minimum Gasteiger partial charge on any atom is -0.345 e. The average molecular weight is 311 g/mol. The first kappa shape index (κ1) is 15.2. The van der Waals surface area contributed by atoms with Crippen LogP contribution < -0.4 is 5.32 Å². The molecule has 0 saturated carbocycles. The van der Waals surface area contributed by atoms with E-state index >= 15 is 0 Å². The summed E-state index contributed by atoms with van der Waals surface area (Å²) in [4.78, 5) is 13.5. The van der Waals surface area contributed by atoms with E-state index in [1.807, 2.05) is 30.5 Å². The predicted octanol–water partition coefficient (Wildman–Crippen LogP) is 4.39. The molecule has 3 rings (SSSR count). The van der Waals surface area contributed by atoms with E-state index in [0.717, 1.165) is 10.5 Å². The minimum atomic E-state index is -0.00190. The molecular formula is C19H21NOS. The third-order valence-electron chi connectivity index (χ3n) is 4.32. The molecule has 114 valence electrons. The molecule has 0 spiro atoms. The SMILES string of the molecule is CSc1ccccc1C(=O)N[C@@H](C)c1ccc2c(c1)CCC2. The molecule has 1 aliphatic carbocycles. The Morgan fingerprint density at radius 3 is 2.73 bits per heavy atom. The summed E-state index contributed by atoms with van der Waals surface area (Å²) in [5.41, 5.74) is 4.86. The Morgan fingerprint density at radius 1 is 1.14 bits per heavy atom. The van der Waals surface area contributed by atoms with E-state index in [9.17, 15) is 4.79 Å². The molecule has 2 aromatic carbocycles. The van der Waals surface area contributed by atoms with Crippen LogP contribution in [0.15, 0.2) is 47.4 Å². The number of hydrogen-bond acceptors (Lipinski definition) is 2. The molecule has 22 heavy (non-hydrogen) atoms. The molecular weight excluding hydrogens is 290 g/mol. The molecule has 0 aliphatic heterocycles. The monoisotopic (exact) mass is 311 g/mol. The minimum absolute atomic E-state index is 0.00190. The highest BCUT2D eigenvalue weighted by molar-refractivity contribution is 7.98. The fraction of sp³-hybridized carbons (Fsp3) is 0.316. The normalized spacial score (nSPS) is 14.5. The van der Waals surface area contributed by atoms with Gasteiger partial charge in [0.05, 0.1) is 11.6 Å². The van der Waals surface area contributed by atoms with E-state index in [-0.39, 0.29) is 11.9 Å². The van der Waals surface area contributed by atoms with Gasteiger partial charge in [0, 0.05) is 4.90 Å². The van der Waals surface area contributed by atoms with Gasteiger partial charge < -0.3 is 5.32 Å². The Bertz CT molecular complexity index is 696. The first-order valence-electron chi connectivity index (χ1n) is 7.74. The van der Waals surface area contributed by atoms with Crippen LogP contribution in [-0.2, 0) is 12.8 Å². The summed E-state index contributed by atoms with van der Waals surface area (Å²) in [6, 6.07) is 14.4. The summed E-state index contributed by atoms with van der Waals surface area (Å²) in [7, 11) is 0. The van der Waals surface area contributed by atoms with Crippen molar-refractivity contribution in [2.45, 2.75) is 37.1 Å². The van der Waals surface area contributed by atoms with Gasteiger partial charge in [0.15, 0.2) is 0 Å². The number of carbonyl (C=O) groups excluding carboxylic acids is 1. The lowest BCUT2D eigenvalue weighted by atomic mass is 10.0. The molecule has 0 aromatic heterocycles. The van der Waals surface area contributed by atoms with Gasteiger partial charge >= 0.3 is 0 Å². The number of carbonyl (C=O) groups is 1. The maximum absolute atomic E-state index is 12.5. The number of nitrogens with one attached hydrogen (secondary N) is 1. The Morgan fingerprint density at radius 2 is 1.91 bits per heavy atom. The van der Waals surface area contributed by atoms with Gasteiger partial charge in [-0.1, -0.05) is 30.3 Å². The first-order chi connectivity index (χ1) is 10.7. The van der Waals surface area contributed by atoms with E-state index in [1.54, 1.807) is 11.8 Å². The van der Waals surface area contributed by atoms with Crippen LogP contribution in [0.25, 0.3) is 0 Å². The molecule has 0 radical (unpaired) electrons. The molecule has 0 heterocycles. The number of benzene rings is 2. The molecule has 2 aromatic rings. The van der Waals surface area contributed by atoms with Crippen molar-refractivity contribution in [1.29, 1.82) is 0 Å². The first-order valence-corrected chi connectivity index (χ1v) is 8.97. The van der Waals surface area contributed by atoms with E-state index in [4.69, 9.17) is 0 Å². The summed E-state index contributed by atoms with van der Waals surface area (Å²) in [6.07, 6.45) is 5.60. The topological polar surface area (TPSA) is 29.1 Å². The predicted molar refractivity (Wildman–Crippen MR) is 92.6 cm³/mol. The van der Waals surface area contributed by atoms with E-state index in [2.05, 4.69) is 30.4 Å². The quantitative estimate of drug-likeness (QED) is 0.849. The van der Waals surface area contributed by atoms with Crippen LogP contribution in [0.3, 0.4) is 0 Å². The van der Waals surface area contributed by atoms with Crippen LogP contribution in [-0.4, -0.2) is 12.2 Å². The van der Waals surface area contributed by atoms with E-state index in [1.165, 1.54) is 36.0 Å². The summed E-state index contributed by atoms with van der Waals surface area (Å²) in [5.74, 6) is -0.00190. The van der Waals surface area contributed by atoms with Gasteiger partial charge in [-0.15, -0.1) is 11.8 Å². The Balaban J connectivity index is 1.76. The highest BCUT2D eigenvalue weighted by atomic mass is 32.2. The Hall–Kier alpha value is -1.74. The number of fused-ring (bicyclic) bond motifs is 1. The van der Waals surface area contributed by atoms with Crippen molar-refractivity contribution in [3.8, 4) is 0 Å². The summed E-state index contributed by atoms with van der Waals surface area (Å²) < 4.78 is 0. The number of thioether (sulfide) groups is 1. The second-order valence-electron chi connectivity index (χ2n) is 5.78. The maximum Gasteiger partial charge on any atom is 0.252 e. The van der Waals surface area contributed by atoms with Crippen molar-refractivity contribution in [2.24, 2.45) is 0 Å². The van der Waals surface area contributed by atoms with Crippen LogP contribution >= 0.6 is 11.8 Å². The summed E-state index contributed by atoms with van der Waals surface area (Å²) in [5, 5.41) is 3.13. The molecule has 1 atom stereocenters. The second kappa shape index (κ2) is 6.57. The molecule has 0 unspecified atom stereocenters. The molecule has 0 bridgehead atoms. The lowest BCUT2D eigenvalue weighted by Crippen LogP contribution is -2.27. The molecule has 0 saturated heterocycles. The highest BCUT2D eigenvalue weighted by Gasteiger charge is 2.16. The second-order valence-corrected chi connectivity index (χ2v) is 6.63. The van der Waals surface area contributed by atoms with Crippen molar-refractivity contribution in [3.63, 3.8) is 0 Å². The van der Waals surface area contributed by atoms with Crippen molar-refractivity contribution >= 4 is 17.7 Å². The van der Waals surface area contributed by atoms with Crippen LogP contribution in [0.1, 0.15) is 46.4 Å². The smallest absolute Gasteiger partial charge is 0.252 e. The molecule has 2 nitrogen and oxygen atoms in total. The van der Waals surface area contributed by atoms with Gasteiger partial charge in [-0.05, 0) is 61.3 Å². The fourth-order valence-corrected chi connectivity index (χ4v) is 3.65. The third-order valence-corrected chi connectivity index (χ3v) is 5.12. The Labute approximate surface area is 136 Å². The van der Waals surface area contributed by atoms with Crippen molar-refractivity contribution in [2.75, 3.05) is 6.26 Å². The van der Waals surface area contributed by atoms with E-state index in [0.29, 0.717) is 0 Å². The van der Waals surface area contributed by atoms with Gasteiger partial charge in [-0.3, -0.25) is 4.79 Å². The van der Waals surface area contributed by atoms with Crippen LogP contribution in [0.2, 0.25) is 0 Å². The van der Waals surface area contributed by atoms with Crippen molar-refractivity contribution in [3.05, 3.63) is 64.7 Å². The average Bonchev–Trinajstić information content (AvgIpc) is 3.02. The Kier molecular flexibility index (Phi) is 4.53. The van der Waals surface area contributed by atoms with Gasteiger partial charge in [-0.25, -0.2) is 0 Å². The van der Waals surface area contributed by atoms with E-state index < -0.39 is 0 Å². The van der Waals surface area contributed by atoms with Gasteiger partial charge in [-0.2, -0.15) is 0 Å². The number of amides is 1. The van der Waals surface area contributed by atoms with Crippen molar-refractivity contribution < 1.29 is 4.79 Å². The third kappa shape index (κ3) is 3.05. The molecule has 3 heteroatoms. The molecule has 1 amide bonds. The highest BCUT2D eigenvalue weighted by Crippen LogP contribution is 2.26. The maximum atomic E-state index is 12.5. The summed E-state index contributed by atoms with van der Waals surface area (Å²) in [6.45, 7) is 2.05. The molecule has 1 N–H and O–H groups in total. The zero-order chi connectivity index (χ0) is 15.5. The lowest BCUT2D eigenvalue weighted by Gasteiger charge is -2.16. The number of aryl methyl sites for hydroxylation is 2. The summed E-state index contributed by atoms with van der Waals surface area (Å²) >= 11 is 1.60. The zero-order valence-corrected chi connectivity index (χ0v) is 13.9. The fourth-order valence-electron chi connectivity index (χ4n) is 3.05. The number of hydrogen-bond donors (Lipinski definition) is 1. The number of rotatable bonds is 4. The van der Waals surface area contributed by atoms with Crippen molar-refractivity contribution in [1.82, 2.24) is 5.32 Å². The molecule has 0 fully saturated rings. The lowest BCUT2D eigenvalue weighted by molar-refractivity contribution is 0.0937. The van der Waals surface area contributed by atoms with Crippen LogP contribution in [0, 0.1) is 0 Å². The van der Waals surface area contributed by atoms with Gasteiger partial charge in [0.1, 0.15) is 0 Å². The van der Waals surface area contributed by atoms with Gasteiger partial charge in [0.25, 0.3) is 5.91 Å². The zero-order valence-electron chi connectivity index (χ0n) is 13.1. The standard InChI is InChI=1S/C19H21NOS/c1-13(15-11-10-14-6-5-7-16(14)12-15)20-19(21)17-8-3-4-9-18(17)22-2/h3-4,8-13H,5-7H2,1-2H3,(H,20,21)/t13-/m0/s1. The van der Waals surface area contributed by atoms with Crippen LogP contribution in [0.5, 0.6) is 0 Å². The molecule has 1 aliphatic rings.